The van der Waals surface area contributed by atoms with E-state index in [0.717, 1.165) is 180 Å². The van der Waals surface area contributed by atoms with Gasteiger partial charge in [0, 0.05) is 25.7 Å². The first kappa shape index (κ1) is 101. The molecular formula is C87H150O17P2. The van der Waals surface area contributed by atoms with E-state index in [1.807, 2.05) is 0 Å². The van der Waals surface area contributed by atoms with Gasteiger partial charge in [-0.1, -0.05) is 303 Å². The standard InChI is InChI=1S/C87H150O17P2/c1-5-9-13-17-21-25-29-33-36-38-40-42-45-49-52-56-60-64-68-72-85(90)98-78-83(104-87(92)74-70-66-62-58-54-50-46-43-41-39-37-34-30-26-22-18-14-10-6-2)80-102-106(95,96)100-76-81(88)75-99-105(93,94)101-79-82(103-86(91)73-69-65-61-57-53-47-32-28-24-20-16-12-8-4)77-97-84(89)71-67-63-59-55-51-48-44-35-31-27-23-19-15-11-7-3/h11,15,21-23,25-27,33-37,40-44,51,55,81-83,88H,5-10,12-14,16-20,24,28-32,38-39,45-50,52-54,56-80H2,1-4H3,(H,93,94)(H,95,96)/b15-11-,25-21-,26-22-,27-23-,36-33-,37-34-,42-40-,43-41-,44-35-,55-51-. The highest BCUT2D eigenvalue weighted by Gasteiger charge is 2.30. The Kier molecular flexibility index (Phi) is 75.2. The summed E-state index contributed by atoms with van der Waals surface area (Å²) in [7, 11) is -9.98. The number of carbonyl (C=O) groups is 4. The third kappa shape index (κ3) is 77.6. The lowest BCUT2D eigenvalue weighted by atomic mass is 10.0. The Morgan fingerprint density at radius 3 is 0.792 bits per heavy atom. The van der Waals surface area contributed by atoms with Gasteiger partial charge in [0.1, 0.15) is 19.3 Å². The molecule has 0 rings (SSSR count). The zero-order valence-electron chi connectivity index (χ0n) is 66.8. The third-order valence-electron chi connectivity index (χ3n) is 17.4. The number of carbonyl (C=O) groups excluding carboxylic acids is 4. The van der Waals surface area contributed by atoms with Gasteiger partial charge in [-0.15, -0.1) is 0 Å². The lowest BCUT2D eigenvalue weighted by Gasteiger charge is -2.21. The van der Waals surface area contributed by atoms with Gasteiger partial charge in [0.05, 0.1) is 26.4 Å². The first-order valence-electron chi connectivity index (χ1n) is 41.8. The minimum atomic E-state index is -4.99. The molecule has 0 aromatic rings. The second kappa shape index (κ2) is 78.6. The summed E-state index contributed by atoms with van der Waals surface area (Å²) in [4.78, 5) is 73.1. The highest BCUT2D eigenvalue weighted by atomic mass is 31.2. The van der Waals surface area contributed by atoms with Crippen molar-refractivity contribution in [2.24, 2.45) is 0 Å². The van der Waals surface area contributed by atoms with Crippen LogP contribution in [-0.2, 0) is 65.4 Å². The number of rotatable bonds is 78. The first-order chi connectivity index (χ1) is 51.7. The van der Waals surface area contributed by atoms with Gasteiger partial charge in [-0.3, -0.25) is 37.3 Å². The molecule has 0 aliphatic rings. The Hall–Kier alpha value is -4.54. The molecule has 17 nitrogen and oxygen atoms in total. The van der Waals surface area contributed by atoms with Crippen LogP contribution in [0.5, 0.6) is 0 Å². The molecule has 0 heterocycles. The van der Waals surface area contributed by atoms with Gasteiger partial charge in [0.2, 0.25) is 0 Å². The summed E-state index contributed by atoms with van der Waals surface area (Å²) in [6.07, 6.45) is 87.3. The van der Waals surface area contributed by atoms with Crippen LogP contribution >= 0.6 is 15.6 Å². The van der Waals surface area contributed by atoms with E-state index < -0.39 is 97.5 Å². The van der Waals surface area contributed by atoms with E-state index in [2.05, 4.69) is 149 Å². The van der Waals surface area contributed by atoms with E-state index in [1.54, 1.807) is 0 Å². The molecule has 0 aromatic carbocycles. The van der Waals surface area contributed by atoms with Crippen LogP contribution in [0.3, 0.4) is 0 Å². The minimum absolute atomic E-state index is 0.0751. The topological polar surface area (TPSA) is 237 Å². The van der Waals surface area contributed by atoms with Crippen molar-refractivity contribution in [1.82, 2.24) is 0 Å². The molecule has 0 aromatic heterocycles. The summed E-state index contributed by atoms with van der Waals surface area (Å²) in [6, 6.07) is 0. The second-order valence-electron chi connectivity index (χ2n) is 27.7. The molecule has 0 radical (unpaired) electrons. The number of aliphatic hydroxyl groups is 1. The van der Waals surface area contributed by atoms with Crippen LogP contribution in [0, 0.1) is 0 Å². The van der Waals surface area contributed by atoms with Gasteiger partial charge in [-0.25, -0.2) is 9.13 Å². The predicted molar refractivity (Wildman–Crippen MR) is 436 cm³/mol. The average Bonchev–Trinajstić information content (AvgIpc) is 0.901. The lowest BCUT2D eigenvalue weighted by Crippen LogP contribution is -2.30. The molecule has 3 N–H and O–H groups in total. The molecule has 0 spiro atoms. The minimum Gasteiger partial charge on any atom is -0.462 e. The number of aliphatic hydroxyl groups excluding tert-OH is 1. The van der Waals surface area contributed by atoms with E-state index in [4.69, 9.17) is 37.0 Å². The summed E-state index contributed by atoms with van der Waals surface area (Å²) < 4.78 is 68.7. The van der Waals surface area contributed by atoms with Gasteiger partial charge >= 0.3 is 39.5 Å². The van der Waals surface area contributed by atoms with Crippen molar-refractivity contribution < 1.29 is 80.2 Å². The summed E-state index contributed by atoms with van der Waals surface area (Å²) in [5, 5.41) is 10.7. The highest BCUT2D eigenvalue weighted by Crippen LogP contribution is 2.45. The fourth-order valence-electron chi connectivity index (χ4n) is 11.0. The van der Waals surface area contributed by atoms with E-state index in [1.165, 1.54) is 89.9 Å². The normalized spacial score (nSPS) is 14.4. The molecule has 5 unspecified atom stereocenters. The van der Waals surface area contributed by atoms with Crippen LogP contribution < -0.4 is 0 Å². The van der Waals surface area contributed by atoms with Gasteiger partial charge < -0.3 is 33.8 Å². The SMILES string of the molecule is CC/C=C\C/C=C\C/C=C\C/C=C\CCCCC(=O)OCC(COP(=O)(O)OCC(O)COP(=O)(O)OCC(COC(=O)CCCCCCCC/C=C\C/C=C\C/C=C\CCCCC)OC(=O)CCCCCCCC/C=C\C/C=C\C/C=C\CCCCC)OC(=O)CCCCCCCCCCCCCCC. The maximum Gasteiger partial charge on any atom is 0.472 e. The summed E-state index contributed by atoms with van der Waals surface area (Å²) in [5.41, 5.74) is 0. The van der Waals surface area contributed by atoms with Crippen LogP contribution in [0.4, 0.5) is 0 Å². The van der Waals surface area contributed by atoms with Crippen LogP contribution in [0.1, 0.15) is 349 Å². The number of ether oxygens (including phenoxy) is 4. The third-order valence-corrected chi connectivity index (χ3v) is 19.3. The zero-order chi connectivity index (χ0) is 77.4. The van der Waals surface area contributed by atoms with Gasteiger partial charge in [-0.2, -0.15) is 0 Å². The largest absolute Gasteiger partial charge is 0.472 e. The van der Waals surface area contributed by atoms with Crippen LogP contribution in [0.15, 0.2) is 122 Å². The quantitative estimate of drug-likeness (QED) is 0.0169. The molecule has 0 saturated heterocycles. The van der Waals surface area contributed by atoms with Crippen molar-refractivity contribution in [3.63, 3.8) is 0 Å². The lowest BCUT2D eigenvalue weighted by molar-refractivity contribution is -0.161. The summed E-state index contributed by atoms with van der Waals surface area (Å²) in [5.74, 6) is -2.24. The van der Waals surface area contributed by atoms with Crippen molar-refractivity contribution in [2.45, 2.75) is 367 Å². The van der Waals surface area contributed by atoms with Gasteiger partial charge in [-0.05, 0) is 141 Å². The molecule has 5 atom stereocenters. The van der Waals surface area contributed by atoms with Gasteiger partial charge in [0.25, 0.3) is 0 Å². The monoisotopic (exact) mass is 1530 g/mol. The van der Waals surface area contributed by atoms with E-state index in [9.17, 15) is 43.2 Å². The van der Waals surface area contributed by atoms with Crippen LogP contribution in [-0.4, -0.2) is 96.7 Å². The van der Waals surface area contributed by atoms with Crippen LogP contribution in [0.2, 0.25) is 0 Å². The Morgan fingerprint density at radius 1 is 0.274 bits per heavy atom. The van der Waals surface area contributed by atoms with E-state index >= 15 is 0 Å². The van der Waals surface area contributed by atoms with Crippen molar-refractivity contribution in [3.8, 4) is 0 Å². The molecule has 19 heteroatoms. The molecule has 0 fully saturated rings. The van der Waals surface area contributed by atoms with Crippen molar-refractivity contribution >= 4 is 39.5 Å². The van der Waals surface area contributed by atoms with E-state index in [0.29, 0.717) is 25.7 Å². The summed E-state index contributed by atoms with van der Waals surface area (Å²) in [6.45, 7) is 4.67. The Bertz CT molecular complexity index is 2480. The molecule has 0 bridgehead atoms. The predicted octanol–water partition coefficient (Wildman–Crippen LogP) is 24.7. The number of esters is 4. The molecule has 0 saturated carbocycles. The Balaban J connectivity index is 5.41. The number of hydrogen-bond donors (Lipinski definition) is 3. The molecule has 610 valence electrons. The second-order valence-corrected chi connectivity index (χ2v) is 30.6. The number of phosphoric acid groups is 2. The number of unbranched alkanes of at least 4 members (excludes halogenated alkanes) is 32. The summed E-state index contributed by atoms with van der Waals surface area (Å²) >= 11 is 0. The highest BCUT2D eigenvalue weighted by molar-refractivity contribution is 7.47. The van der Waals surface area contributed by atoms with E-state index in [-0.39, 0.29) is 25.7 Å². The maximum atomic E-state index is 13.1. The average molecular weight is 1530 g/mol. The van der Waals surface area contributed by atoms with Crippen molar-refractivity contribution in [1.29, 1.82) is 0 Å². The molecule has 0 amide bonds. The fraction of sp³-hybridized carbons (Fsp3) is 0.724. The van der Waals surface area contributed by atoms with Gasteiger partial charge in [0.15, 0.2) is 12.2 Å². The smallest absolute Gasteiger partial charge is 0.462 e. The number of hydrogen-bond acceptors (Lipinski definition) is 15. The zero-order valence-corrected chi connectivity index (χ0v) is 68.6. The first-order valence-corrected chi connectivity index (χ1v) is 44.8. The molecule has 0 aliphatic heterocycles. The Labute approximate surface area is 644 Å². The number of allylic oxidation sites excluding steroid dienone is 20. The van der Waals surface area contributed by atoms with Crippen molar-refractivity contribution in [2.75, 3.05) is 39.6 Å². The fourth-order valence-corrected chi connectivity index (χ4v) is 12.6. The Morgan fingerprint density at radius 2 is 0.491 bits per heavy atom. The molecular weight excluding hydrogens is 1380 g/mol. The van der Waals surface area contributed by atoms with Crippen LogP contribution in [0.25, 0.3) is 0 Å². The molecule has 106 heavy (non-hydrogen) atoms. The molecule has 0 aliphatic carbocycles. The van der Waals surface area contributed by atoms with Crippen molar-refractivity contribution in [3.05, 3.63) is 122 Å². The number of phosphoric ester groups is 2. The maximum absolute atomic E-state index is 13.1.